The molecule has 1 aromatic heterocycles. The third-order valence-corrected chi connectivity index (χ3v) is 6.25. The van der Waals surface area contributed by atoms with Crippen molar-refractivity contribution in [3.8, 4) is 0 Å². The van der Waals surface area contributed by atoms with Crippen LogP contribution in [0, 0.1) is 6.92 Å². The highest BCUT2D eigenvalue weighted by molar-refractivity contribution is 7.07. The number of thiazole rings is 1. The molecule has 0 bridgehead atoms. The summed E-state index contributed by atoms with van der Waals surface area (Å²) in [6, 6.07) is 17.2. The van der Waals surface area contributed by atoms with E-state index in [9.17, 15) is 9.59 Å². The number of hydrogen-bond donors (Lipinski definition) is 0. The Kier molecular flexibility index (Phi) is 6.32. The van der Waals surface area contributed by atoms with Crippen molar-refractivity contribution in [3.05, 3.63) is 108 Å². The van der Waals surface area contributed by atoms with E-state index in [-0.39, 0.29) is 12.2 Å². The fourth-order valence-corrected chi connectivity index (χ4v) is 4.68. The van der Waals surface area contributed by atoms with Gasteiger partial charge in [-0.2, -0.15) is 0 Å². The third kappa shape index (κ3) is 4.27. The first-order chi connectivity index (χ1) is 15.5. The minimum absolute atomic E-state index is 0.175. The number of rotatable bonds is 5. The van der Waals surface area contributed by atoms with E-state index in [1.807, 2.05) is 73.7 Å². The van der Waals surface area contributed by atoms with Crippen LogP contribution in [-0.4, -0.2) is 17.1 Å². The van der Waals surface area contributed by atoms with Crippen molar-refractivity contribution >= 4 is 29.5 Å². The molecule has 0 N–H and O–H groups in total. The quantitative estimate of drug-likeness (QED) is 0.563. The van der Waals surface area contributed by atoms with E-state index in [0.29, 0.717) is 20.6 Å². The first-order valence-corrected chi connectivity index (χ1v) is 11.3. The third-order valence-electron chi connectivity index (χ3n) is 5.25. The minimum atomic E-state index is -0.578. The Bertz CT molecular complexity index is 1380. The van der Waals surface area contributed by atoms with Crippen LogP contribution in [0.5, 0.6) is 0 Å². The second-order valence-electron chi connectivity index (χ2n) is 7.51. The van der Waals surface area contributed by atoms with Gasteiger partial charge in [-0.15, -0.1) is 0 Å². The number of esters is 1. The maximum absolute atomic E-state index is 13.4. The number of aryl methyl sites for hydroxylation is 1. The Balaban J connectivity index is 1.86. The first kappa shape index (κ1) is 21.7. The van der Waals surface area contributed by atoms with Crippen LogP contribution >= 0.6 is 11.3 Å². The summed E-state index contributed by atoms with van der Waals surface area (Å²) in [5, 5.41) is 0. The summed E-state index contributed by atoms with van der Waals surface area (Å²) in [4.78, 5) is 31.4. The maximum atomic E-state index is 13.4. The lowest BCUT2D eigenvalue weighted by Crippen LogP contribution is -2.39. The summed E-state index contributed by atoms with van der Waals surface area (Å²) in [6.07, 6.45) is 5.61. The second kappa shape index (κ2) is 9.32. The molecular formula is C26H24N2O3S. The fourth-order valence-electron chi connectivity index (χ4n) is 3.68. The van der Waals surface area contributed by atoms with E-state index >= 15 is 0 Å². The van der Waals surface area contributed by atoms with Gasteiger partial charge in [0, 0.05) is 0 Å². The molecular weight excluding hydrogens is 420 g/mol. The summed E-state index contributed by atoms with van der Waals surface area (Å²) >= 11 is 1.32. The summed E-state index contributed by atoms with van der Waals surface area (Å²) in [6.45, 7) is 5.81. The number of carbonyl (C=O) groups excluding carboxylic acids is 1. The lowest BCUT2D eigenvalue weighted by Gasteiger charge is -2.24. The molecule has 1 aliphatic heterocycles. The van der Waals surface area contributed by atoms with Gasteiger partial charge in [0.15, 0.2) is 4.80 Å². The van der Waals surface area contributed by atoms with Crippen molar-refractivity contribution < 1.29 is 9.53 Å². The van der Waals surface area contributed by atoms with Crippen molar-refractivity contribution in [1.82, 2.24) is 4.57 Å². The van der Waals surface area contributed by atoms with Gasteiger partial charge in [0.1, 0.15) is 0 Å². The molecule has 32 heavy (non-hydrogen) atoms. The topological polar surface area (TPSA) is 60.7 Å². The smallest absolute Gasteiger partial charge is 0.338 e. The second-order valence-corrected chi connectivity index (χ2v) is 8.51. The lowest BCUT2D eigenvalue weighted by molar-refractivity contribution is -0.139. The minimum Gasteiger partial charge on any atom is -0.463 e. The van der Waals surface area contributed by atoms with E-state index < -0.39 is 12.0 Å². The molecule has 0 amide bonds. The summed E-state index contributed by atoms with van der Waals surface area (Å²) in [5.41, 5.74) is 3.79. The molecule has 5 nitrogen and oxygen atoms in total. The van der Waals surface area contributed by atoms with E-state index in [1.165, 1.54) is 11.3 Å². The van der Waals surface area contributed by atoms with Crippen LogP contribution in [0.25, 0.3) is 12.2 Å². The molecule has 0 saturated carbocycles. The zero-order valence-corrected chi connectivity index (χ0v) is 19.1. The van der Waals surface area contributed by atoms with E-state index in [1.54, 1.807) is 24.5 Å². The van der Waals surface area contributed by atoms with E-state index in [0.717, 1.165) is 16.7 Å². The number of nitrogens with zero attached hydrogens (tertiary/aromatic N) is 2. The molecule has 0 aliphatic carbocycles. The van der Waals surface area contributed by atoms with Crippen LogP contribution in [0.1, 0.15) is 36.6 Å². The average molecular weight is 445 g/mol. The highest BCUT2D eigenvalue weighted by Crippen LogP contribution is 2.30. The van der Waals surface area contributed by atoms with Gasteiger partial charge in [0.2, 0.25) is 0 Å². The summed E-state index contributed by atoms with van der Waals surface area (Å²) in [7, 11) is 0. The number of fused-ring (bicyclic) bond motifs is 1. The monoisotopic (exact) mass is 444 g/mol. The molecule has 1 aliphatic rings. The predicted octanol–water partition coefficient (Wildman–Crippen LogP) is 3.77. The molecule has 162 valence electrons. The predicted molar refractivity (Wildman–Crippen MR) is 128 cm³/mol. The Morgan fingerprint density at radius 1 is 1.12 bits per heavy atom. The van der Waals surface area contributed by atoms with Crippen LogP contribution in [-0.2, 0) is 9.53 Å². The SMILES string of the molecule is CCOC(=O)C1=C(C)N=c2sc(=C/C=C\c3ccccc3)c(=O)n2[C@H]1c1ccc(C)cc1. The van der Waals surface area contributed by atoms with Gasteiger partial charge < -0.3 is 4.74 Å². The molecule has 0 saturated heterocycles. The van der Waals surface area contributed by atoms with Gasteiger partial charge in [-0.25, -0.2) is 9.79 Å². The van der Waals surface area contributed by atoms with Gasteiger partial charge in [0.25, 0.3) is 5.56 Å². The van der Waals surface area contributed by atoms with Crippen LogP contribution in [0.15, 0.2) is 81.7 Å². The molecule has 0 radical (unpaired) electrons. The Labute approximate surface area is 190 Å². The number of benzene rings is 2. The molecule has 2 aromatic carbocycles. The number of allylic oxidation sites excluding steroid dienone is 2. The molecule has 4 rings (SSSR count). The van der Waals surface area contributed by atoms with Crippen LogP contribution < -0.4 is 14.9 Å². The van der Waals surface area contributed by atoms with Crippen LogP contribution in [0.4, 0.5) is 0 Å². The number of hydrogen-bond acceptors (Lipinski definition) is 5. The van der Waals surface area contributed by atoms with Crippen molar-refractivity contribution in [3.63, 3.8) is 0 Å². The number of aromatic nitrogens is 1. The molecule has 6 heteroatoms. The molecule has 2 heterocycles. The van der Waals surface area contributed by atoms with E-state index in [2.05, 4.69) is 4.99 Å². The molecule has 3 aromatic rings. The normalized spacial score (nSPS) is 16.2. The molecule has 0 fully saturated rings. The van der Waals surface area contributed by atoms with E-state index in [4.69, 9.17) is 4.74 Å². The van der Waals surface area contributed by atoms with Gasteiger partial charge in [0.05, 0.1) is 28.5 Å². The largest absolute Gasteiger partial charge is 0.463 e. The van der Waals surface area contributed by atoms with Crippen LogP contribution in [0.3, 0.4) is 0 Å². The van der Waals surface area contributed by atoms with Crippen molar-refractivity contribution in [2.24, 2.45) is 4.99 Å². The zero-order valence-electron chi connectivity index (χ0n) is 18.2. The van der Waals surface area contributed by atoms with Crippen molar-refractivity contribution in [1.29, 1.82) is 0 Å². The fraction of sp³-hybridized carbons (Fsp3) is 0.192. The standard InChI is InChI=1S/C26H24N2O3S/c1-4-31-25(30)22-18(3)27-26-28(23(22)20-15-13-17(2)14-16-20)24(29)21(32-26)12-8-11-19-9-6-5-7-10-19/h5-16,23H,4H2,1-3H3/b11-8-,21-12?/t23-/m0/s1. The van der Waals surface area contributed by atoms with Crippen molar-refractivity contribution in [2.45, 2.75) is 26.8 Å². The molecule has 0 unspecified atom stereocenters. The molecule has 0 spiro atoms. The Morgan fingerprint density at radius 2 is 1.84 bits per heavy atom. The average Bonchev–Trinajstić information content (AvgIpc) is 3.09. The van der Waals surface area contributed by atoms with Gasteiger partial charge in [-0.1, -0.05) is 83.6 Å². The maximum Gasteiger partial charge on any atom is 0.338 e. The van der Waals surface area contributed by atoms with Gasteiger partial charge in [-0.3, -0.25) is 9.36 Å². The van der Waals surface area contributed by atoms with Crippen LogP contribution in [0.2, 0.25) is 0 Å². The highest BCUT2D eigenvalue weighted by Gasteiger charge is 2.33. The Morgan fingerprint density at radius 3 is 2.53 bits per heavy atom. The Hall–Kier alpha value is -3.51. The zero-order chi connectivity index (χ0) is 22.7. The number of ether oxygens (including phenoxy) is 1. The van der Waals surface area contributed by atoms with Gasteiger partial charge >= 0.3 is 5.97 Å². The molecule has 1 atom stereocenters. The summed E-state index contributed by atoms with van der Waals surface area (Å²) in [5.74, 6) is -0.447. The number of carbonyl (C=O) groups is 1. The summed E-state index contributed by atoms with van der Waals surface area (Å²) < 4.78 is 7.48. The van der Waals surface area contributed by atoms with Gasteiger partial charge in [-0.05, 0) is 38.0 Å². The first-order valence-electron chi connectivity index (χ1n) is 10.5. The highest BCUT2D eigenvalue weighted by atomic mass is 32.1. The lowest BCUT2D eigenvalue weighted by atomic mass is 9.95. The van der Waals surface area contributed by atoms with Crippen molar-refractivity contribution in [2.75, 3.05) is 6.61 Å².